The summed E-state index contributed by atoms with van der Waals surface area (Å²) in [6.07, 6.45) is 0. The van der Waals surface area contributed by atoms with Gasteiger partial charge in [-0.1, -0.05) is 111 Å². The molecule has 0 spiro atoms. The van der Waals surface area contributed by atoms with Crippen LogP contribution in [0.25, 0.3) is 55.6 Å². The number of nitrogens with zero attached hydrogens (tertiary/aromatic N) is 8. The van der Waals surface area contributed by atoms with Gasteiger partial charge in [0.25, 0.3) is 0 Å². The molecule has 1 aliphatic rings. The van der Waals surface area contributed by atoms with E-state index in [-0.39, 0.29) is 5.41 Å². The Kier molecular flexibility index (Phi) is 7.70. The van der Waals surface area contributed by atoms with Crippen molar-refractivity contribution in [2.24, 2.45) is 0 Å². The van der Waals surface area contributed by atoms with Crippen LogP contribution >= 0.6 is 23.5 Å². The third-order valence-electron chi connectivity index (χ3n) is 11.0. The van der Waals surface area contributed by atoms with Gasteiger partial charge in [0.05, 0.1) is 46.2 Å². The van der Waals surface area contributed by atoms with Crippen molar-refractivity contribution in [1.29, 1.82) is 0 Å². The zero-order chi connectivity index (χ0) is 38.1. The molecule has 0 bridgehead atoms. The molecule has 11 rings (SSSR count). The molecule has 0 fully saturated rings. The van der Waals surface area contributed by atoms with E-state index in [0.29, 0.717) is 33.1 Å². The zero-order valence-corrected chi connectivity index (χ0v) is 32.5. The Morgan fingerprint density at radius 2 is 0.807 bits per heavy atom. The van der Waals surface area contributed by atoms with Gasteiger partial charge in [-0.3, -0.25) is 0 Å². The van der Waals surface area contributed by atoms with E-state index < -0.39 is 0 Å². The number of hydrogen-bond donors (Lipinski definition) is 0. The van der Waals surface area contributed by atoms with Crippen LogP contribution < -0.4 is 9.80 Å². The summed E-state index contributed by atoms with van der Waals surface area (Å²) >= 11 is 2.31. The minimum atomic E-state index is -0.137. The molecule has 0 saturated carbocycles. The van der Waals surface area contributed by atoms with E-state index in [1.807, 2.05) is 12.1 Å². The van der Waals surface area contributed by atoms with E-state index in [1.54, 1.807) is 0 Å². The Balaban J connectivity index is 1.08. The maximum Gasteiger partial charge on any atom is 0.136 e. The molecule has 0 unspecified atom stereocenters. The number of benzene rings is 7. The molecule has 10 aromatic rings. The van der Waals surface area contributed by atoms with E-state index in [1.165, 1.54) is 22.5 Å². The molecule has 10 heteroatoms. The molecule has 0 atom stereocenters. The summed E-state index contributed by atoms with van der Waals surface area (Å²) in [4.78, 5) is 15.4. The Bertz CT molecular complexity index is 3020. The first-order valence-electron chi connectivity index (χ1n) is 18.7. The lowest BCUT2D eigenvalue weighted by Crippen LogP contribution is -2.30. The van der Waals surface area contributed by atoms with Crippen LogP contribution in [0, 0.1) is 0 Å². The molecule has 7 aromatic carbocycles. The molecule has 3 aromatic heterocycles. The van der Waals surface area contributed by atoms with Gasteiger partial charge in [0.15, 0.2) is 0 Å². The highest BCUT2D eigenvalue weighted by molar-refractivity contribution is 7.01. The van der Waals surface area contributed by atoms with E-state index in [4.69, 9.17) is 9.97 Å². The Morgan fingerprint density at radius 1 is 0.421 bits per heavy atom. The first kappa shape index (κ1) is 33.5. The molecule has 1 aliphatic heterocycles. The Labute approximate surface area is 337 Å². The maximum absolute atomic E-state index is 5.39. The zero-order valence-electron chi connectivity index (χ0n) is 30.9. The van der Waals surface area contributed by atoms with Gasteiger partial charge in [0.2, 0.25) is 0 Å². The summed E-state index contributed by atoms with van der Waals surface area (Å²) in [5.74, 6) is 0. The van der Waals surface area contributed by atoms with E-state index >= 15 is 0 Å². The van der Waals surface area contributed by atoms with Gasteiger partial charge in [0, 0.05) is 39.3 Å². The summed E-state index contributed by atoms with van der Waals surface area (Å²) < 4.78 is 18.6. The molecule has 8 nitrogen and oxygen atoms in total. The van der Waals surface area contributed by atoms with Crippen LogP contribution in [0.5, 0.6) is 0 Å². The van der Waals surface area contributed by atoms with Crippen molar-refractivity contribution in [2.75, 3.05) is 9.80 Å². The SMILES string of the molecule is CC1(C)c2ccccc2N(c2ccc(-c3nc4c5nsnc5c5nsnc5c4nc3-c3ccc(N(c4ccccc4)c4ccccc4)cc3)cc2)c2ccccc21. The predicted octanol–water partition coefficient (Wildman–Crippen LogP) is 12.6. The summed E-state index contributed by atoms with van der Waals surface area (Å²) in [7, 11) is 0. The lowest BCUT2D eigenvalue weighted by atomic mass is 9.73. The number of anilines is 6. The number of hydrogen-bond acceptors (Lipinski definition) is 10. The van der Waals surface area contributed by atoms with Gasteiger partial charge in [0.1, 0.15) is 33.1 Å². The molecule has 57 heavy (non-hydrogen) atoms. The Hall–Kier alpha value is -6.88. The van der Waals surface area contributed by atoms with Crippen molar-refractivity contribution in [2.45, 2.75) is 19.3 Å². The molecule has 4 heterocycles. The van der Waals surface area contributed by atoms with Crippen molar-refractivity contribution in [3.63, 3.8) is 0 Å². The van der Waals surface area contributed by atoms with Crippen molar-refractivity contribution in [3.8, 4) is 22.5 Å². The van der Waals surface area contributed by atoms with Crippen molar-refractivity contribution in [3.05, 3.63) is 169 Å². The standard InChI is InChI=1S/C47H32N8S2/c1-47(2)35-17-9-11-19-37(35)55(38-20-12-10-18-36(38)47)34-27-23-30(24-28-34)40-39(48-41-42(49-40)44-46(53-57-51-44)45-43(41)50-56-52-45)29-21-25-33(26-22-29)54(31-13-5-3-6-14-31)32-15-7-4-8-16-32/h3-28H,1-2H3. The fourth-order valence-corrected chi connectivity index (χ4v) is 9.35. The summed E-state index contributed by atoms with van der Waals surface area (Å²) in [5.41, 5.74) is 16.5. The van der Waals surface area contributed by atoms with Gasteiger partial charge >= 0.3 is 0 Å². The van der Waals surface area contributed by atoms with E-state index in [9.17, 15) is 0 Å². The van der Waals surface area contributed by atoms with Crippen LogP contribution in [0.15, 0.2) is 158 Å². The molecule has 0 saturated heterocycles. The second-order valence-corrected chi connectivity index (χ2v) is 15.7. The fourth-order valence-electron chi connectivity index (χ4n) is 8.25. The maximum atomic E-state index is 5.39. The highest BCUT2D eigenvalue weighted by Crippen LogP contribution is 2.52. The first-order chi connectivity index (χ1) is 28.0. The summed E-state index contributed by atoms with van der Waals surface area (Å²) in [6, 6.07) is 55.5. The monoisotopic (exact) mass is 772 g/mol. The largest absolute Gasteiger partial charge is 0.311 e. The number of rotatable bonds is 6. The predicted molar refractivity (Wildman–Crippen MR) is 234 cm³/mol. The van der Waals surface area contributed by atoms with Crippen LogP contribution in [0.2, 0.25) is 0 Å². The van der Waals surface area contributed by atoms with Crippen molar-refractivity contribution in [1.82, 2.24) is 27.5 Å². The highest BCUT2D eigenvalue weighted by atomic mass is 32.1. The van der Waals surface area contributed by atoms with Gasteiger partial charge in [-0.2, -0.15) is 17.5 Å². The first-order valence-corrected chi connectivity index (χ1v) is 20.2. The molecule has 0 amide bonds. The number of aromatic nitrogens is 6. The molecule has 0 N–H and O–H groups in total. The van der Waals surface area contributed by atoms with Crippen molar-refractivity contribution < 1.29 is 0 Å². The quantitative estimate of drug-likeness (QED) is 0.165. The topological polar surface area (TPSA) is 83.8 Å². The highest BCUT2D eigenvalue weighted by Gasteiger charge is 2.36. The summed E-state index contributed by atoms with van der Waals surface area (Å²) in [6.45, 7) is 4.62. The molecule has 0 aliphatic carbocycles. The average molecular weight is 773 g/mol. The van der Waals surface area contributed by atoms with E-state index in [2.05, 4.69) is 187 Å². The Morgan fingerprint density at radius 3 is 1.28 bits per heavy atom. The molecule has 272 valence electrons. The fraction of sp³-hybridized carbons (Fsp3) is 0.0638. The van der Waals surface area contributed by atoms with Gasteiger partial charge < -0.3 is 9.80 Å². The molecular formula is C47H32N8S2. The number of para-hydroxylation sites is 4. The minimum absolute atomic E-state index is 0.137. The second kappa shape index (κ2) is 13.1. The van der Waals surface area contributed by atoms with Crippen LogP contribution in [-0.2, 0) is 5.41 Å². The van der Waals surface area contributed by atoms with Gasteiger partial charge in [-0.25, -0.2) is 9.97 Å². The van der Waals surface area contributed by atoms with Crippen LogP contribution in [0.3, 0.4) is 0 Å². The van der Waals surface area contributed by atoms with Crippen LogP contribution in [0.1, 0.15) is 25.0 Å². The average Bonchev–Trinajstić information content (AvgIpc) is 3.96. The van der Waals surface area contributed by atoms with Crippen LogP contribution in [0.4, 0.5) is 34.1 Å². The van der Waals surface area contributed by atoms with Crippen molar-refractivity contribution >= 4 is 90.7 Å². The number of fused-ring (bicyclic) bond motifs is 8. The minimum Gasteiger partial charge on any atom is -0.311 e. The normalized spacial score (nSPS) is 13.2. The van der Waals surface area contributed by atoms with Crippen LogP contribution in [-0.4, -0.2) is 27.5 Å². The molecular weight excluding hydrogens is 741 g/mol. The lowest BCUT2D eigenvalue weighted by molar-refractivity contribution is 0.632. The second-order valence-electron chi connectivity index (χ2n) is 14.6. The summed E-state index contributed by atoms with van der Waals surface area (Å²) in [5, 5.41) is 0. The smallest absolute Gasteiger partial charge is 0.136 e. The molecule has 0 radical (unpaired) electrons. The third kappa shape index (κ3) is 5.32. The van der Waals surface area contributed by atoms with E-state index in [0.717, 1.165) is 68.7 Å². The van der Waals surface area contributed by atoms with Gasteiger partial charge in [-0.05, 0) is 71.8 Å². The van der Waals surface area contributed by atoms with Gasteiger partial charge in [-0.15, -0.1) is 0 Å². The third-order valence-corrected chi connectivity index (χ3v) is 12.1. The lowest BCUT2D eigenvalue weighted by Gasteiger charge is -2.42.